The number of aryl methyl sites for hydroxylation is 1. The first-order chi connectivity index (χ1) is 7.97. The van der Waals surface area contributed by atoms with Crippen molar-refractivity contribution in [1.82, 2.24) is 9.78 Å². The van der Waals surface area contributed by atoms with Crippen LogP contribution in [0.15, 0.2) is 15.7 Å². The predicted octanol–water partition coefficient (Wildman–Crippen LogP) is 0.774. The summed E-state index contributed by atoms with van der Waals surface area (Å²) < 4.78 is 1.08. The predicted molar refractivity (Wildman–Crippen MR) is 62.8 cm³/mol. The van der Waals surface area contributed by atoms with Gasteiger partial charge in [0.15, 0.2) is 11.5 Å². The molecule has 2 rings (SSSR count). The maximum absolute atomic E-state index is 11.9. The molecule has 0 saturated heterocycles. The van der Waals surface area contributed by atoms with Gasteiger partial charge in [-0.2, -0.15) is 0 Å². The lowest BCUT2D eigenvalue weighted by atomic mass is 10.1. The van der Waals surface area contributed by atoms with E-state index in [0.29, 0.717) is 0 Å². The van der Waals surface area contributed by atoms with Crippen molar-refractivity contribution in [2.24, 2.45) is 0 Å². The van der Waals surface area contributed by atoms with Gasteiger partial charge in [0.05, 0.1) is 15.8 Å². The summed E-state index contributed by atoms with van der Waals surface area (Å²) in [7, 11) is 0. The summed E-state index contributed by atoms with van der Waals surface area (Å²) in [5, 5.41) is 20.6. The quantitative estimate of drug-likeness (QED) is 0.657. The third-order valence-corrected chi connectivity index (χ3v) is 2.84. The fraction of sp³-hybridized carbons (Fsp3) is 0.200. The third kappa shape index (κ3) is 1.57. The monoisotopic (exact) mass is 256 g/mol. The maximum Gasteiger partial charge on any atom is 0.274 e. The Morgan fingerprint density at radius 2 is 2.06 bits per heavy atom. The van der Waals surface area contributed by atoms with Gasteiger partial charge in [0, 0.05) is 6.54 Å². The van der Waals surface area contributed by atoms with Crippen LogP contribution in [0.4, 0.5) is 0 Å². The number of nitrogens with one attached hydrogen (secondary N) is 1. The van der Waals surface area contributed by atoms with E-state index in [0.717, 1.165) is 10.7 Å². The van der Waals surface area contributed by atoms with E-state index in [1.165, 1.54) is 0 Å². The van der Waals surface area contributed by atoms with E-state index in [-0.39, 0.29) is 22.3 Å². The second kappa shape index (κ2) is 3.81. The molecule has 0 spiro atoms. The largest absolute Gasteiger partial charge is 0.504 e. The summed E-state index contributed by atoms with van der Waals surface area (Å²) in [6.45, 7) is 1.94. The minimum atomic E-state index is -0.607. The van der Waals surface area contributed by atoms with Crippen LogP contribution in [0.3, 0.4) is 0 Å². The number of aromatic hydroxyl groups is 2. The van der Waals surface area contributed by atoms with E-state index >= 15 is 0 Å². The van der Waals surface area contributed by atoms with Crippen molar-refractivity contribution in [3.05, 3.63) is 31.8 Å². The topological polar surface area (TPSA) is 95.3 Å². The van der Waals surface area contributed by atoms with Crippen molar-refractivity contribution in [2.75, 3.05) is 0 Å². The van der Waals surface area contributed by atoms with E-state index < -0.39 is 22.6 Å². The van der Waals surface area contributed by atoms with Crippen molar-refractivity contribution in [1.29, 1.82) is 0 Å². The molecule has 6 nitrogen and oxygen atoms in total. The van der Waals surface area contributed by atoms with Gasteiger partial charge in [-0.25, -0.2) is 4.68 Å². The number of phenolic OH excluding ortho intramolecular Hbond substituents is 2. The number of aromatic amines is 1. The average Bonchev–Trinajstić information content (AvgIpc) is 2.30. The summed E-state index contributed by atoms with van der Waals surface area (Å²) in [5.74, 6) is -1.15. The number of halogens is 1. The van der Waals surface area contributed by atoms with Gasteiger partial charge in [-0.1, -0.05) is 11.6 Å². The Morgan fingerprint density at radius 1 is 1.41 bits per heavy atom. The van der Waals surface area contributed by atoms with Gasteiger partial charge in [-0.15, -0.1) is 0 Å². The molecule has 90 valence electrons. The van der Waals surface area contributed by atoms with Crippen molar-refractivity contribution in [3.8, 4) is 11.5 Å². The summed E-state index contributed by atoms with van der Waals surface area (Å²) in [5.41, 5.74) is -1.08. The Balaban J connectivity index is 3.13. The zero-order chi connectivity index (χ0) is 12.7. The summed E-state index contributed by atoms with van der Waals surface area (Å²) in [6, 6.07) is 1.01. The Morgan fingerprint density at radius 3 is 2.65 bits per heavy atom. The number of fused-ring (bicyclic) bond motifs is 1. The van der Waals surface area contributed by atoms with Crippen LogP contribution in [0, 0.1) is 0 Å². The maximum atomic E-state index is 11.9. The Bertz CT molecular complexity index is 717. The summed E-state index contributed by atoms with van der Waals surface area (Å²) in [6.07, 6.45) is 0. The molecule has 0 aliphatic rings. The number of hydrogen-bond donors (Lipinski definition) is 3. The molecule has 0 radical (unpaired) electrons. The van der Waals surface area contributed by atoms with E-state index in [4.69, 9.17) is 11.6 Å². The molecule has 0 aliphatic heterocycles. The molecule has 1 aromatic heterocycles. The van der Waals surface area contributed by atoms with Gasteiger partial charge < -0.3 is 10.2 Å². The van der Waals surface area contributed by atoms with Crippen LogP contribution >= 0.6 is 11.6 Å². The number of nitrogens with zero attached hydrogens (tertiary/aromatic N) is 1. The Labute approximate surface area is 99.7 Å². The number of aromatic nitrogens is 2. The summed E-state index contributed by atoms with van der Waals surface area (Å²) >= 11 is 5.76. The standard InChI is InChI=1S/C10H9ClN2O4/c1-2-13-10(17)6-4(9(16)12-13)3-5(14)8(15)7(6)11/h3,14-15H,2H2,1H3,(H,12,16). The number of hydrogen-bond acceptors (Lipinski definition) is 4. The smallest absolute Gasteiger partial charge is 0.274 e. The van der Waals surface area contributed by atoms with Gasteiger partial charge in [-0.05, 0) is 13.0 Å². The SMILES string of the molecule is CCn1[nH]c(=O)c2cc(O)c(O)c(Cl)c2c1=O. The number of benzene rings is 1. The molecule has 7 heteroatoms. The van der Waals surface area contributed by atoms with Gasteiger partial charge in [0.2, 0.25) is 0 Å². The van der Waals surface area contributed by atoms with Crippen LogP contribution in [0.2, 0.25) is 5.02 Å². The lowest BCUT2D eigenvalue weighted by Gasteiger charge is -2.07. The molecule has 2 aromatic rings. The zero-order valence-electron chi connectivity index (χ0n) is 8.82. The van der Waals surface area contributed by atoms with Gasteiger partial charge in [-0.3, -0.25) is 14.7 Å². The minimum absolute atomic E-state index is 0.0556. The Hall–Kier alpha value is -1.95. The fourth-order valence-corrected chi connectivity index (χ4v) is 1.89. The molecule has 0 amide bonds. The lowest BCUT2D eigenvalue weighted by molar-refractivity contribution is 0.405. The van der Waals surface area contributed by atoms with Crippen LogP contribution < -0.4 is 11.1 Å². The number of phenols is 2. The van der Waals surface area contributed by atoms with Gasteiger partial charge >= 0.3 is 0 Å². The highest BCUT2D eigenvalue weighted by Crippen LogP contribution is 2.36. The van der Waals surface area contributed by atoms with E-state index in [9.17, 15) is 19.8 Å². The highest BCUT2D eigenvalue weighted by Gasteiger charge is 2.16. The molecular formula is C10H9ClN2O4. The second-order valence-corrected chi connectivity index (χ2v) is 3.85. The van der Waals surface area contributed by atoms with Crippen LogP contribution in [-0.2, 0) is 6.54 Å². The van der Waals surface area contributed by atoms with Crippen molar-refractivity contribution in [3.63, 3.8) is 0 Å². The van der Waals surface area contributed by atoms with Crippen LogP contribution in [-0.4, -0.2) is 20.0 Å². The highest BCUT2D eigenvalue weighted by molar-refractivity contribution is 6.37. The zero-order valence-corrected chi connectivity index (χ0v) is 9.58. The molecule has 1 heterocycles. The molecule has 0 fully saturated rings. The first kappa shape index (κ1) is 11.5. The average molecular weight is 257 g/mol. The molecule has 0 saturated carbocycles. The van der Waals surface area contributed by atoms with E-state index in [1.807, 2.05) is 0 Å². The van der Waals surface area contributed by atoms with Crippen molar-refractivity contribution >= 4 is 22.4 Å². The van der Waals surface area contributed by atoms with E-state index in [2.05, 4.69) is 5.10 Å². The highest BCUT2D eigenvalue weighted by atomic mass is 35.5. The summed E-state index contributed by atoms with van der Waals surface area (Å²) in [4.78, 5) is 23.6. The molecule has 0 unspecified atom stereocenters. The number of H-pyrrole nitrogens is 1. The van der Waals surface area contributed by atoms with Crippen LogP contribution in [0.5, 0.6) is 11.5 Å². The van der Waals surface area contributed by atoms with Crippen LogP contribution in [0.1, 0.15) is 6.92 Å². The molecular weight excluding hydrogens is 248 g/mol. The van der Waals surface area contributed by atoms with Crippen molar-refractivity contribution < 1.29 is 10.2 Å². The molecule has 1 aromatic carbocycles. The second-order valence-electron chi connectivity index (χ2n) is 3.47. The Kier molecular flexibility index (Phi) is 2.59. The normalized spacial score (nSPS) is 10.9. The van der Waals surface area contributed by atoms with Crippen LogP contribution in [0.25, 0.3) is 10.8 Å². The first-order valence-corrected chi connectivity index (χ1v) is 5.22. The molecule has 0 aliphatic carbocycles. The van der Waals surface area contributed by atoms with Gasteiger partial charge in [0.25, 0.3) is 11.1 Å². The lowest BCUT2D eigenvalue weighted by Crippen LogP contribution is -2.29. The molecule has 0 bridgehead atoms. The first-order valence-electron chi connectivity index (χ1n) is 4.84. The number of rotatable bonds is 1. The minimum Gasteiger partial charge on any atom is -0.504 e. The van der Waals surface area contributed by atoms with Gasteiger partial charge in [0.1, 0.15) is 0 Å². The van der Waals surface area contributed by atoms with Crippen molar-refractivity contribution in [2.45, 2.75) is 13.5 Å². The molecule has 0 atom stereocenters. The fourth-order valence-electron chi connectivity index (χ4n) is 1.61. The van der Waals surface area contributed by atoms with E-state index in [1.54, 1.807) is 6.92 Å². The molecule has 3 N–H and O–H groups in total. The third-order valence-electron chi connectivity index (χ3n) is 2.48. The molecule has 17 heavy (non-hydrogen) atoms.